The molecule has 2 nitrogen and oxygen atoms in total. The fraction of sp³-hybridized carbons (Fsp3) is 0.286. The maximum Gasteiger partial charge on any atom is 0.129 e. The van der Waals surface area contributed by atoms with Gasteiger partial charge < -0.3 is 5.11 Å². The molecule has 1 rings (SSSR count). The summed E-state index contributed by atoms with van der Waals surface area (Å²) in [6, 6.07) is 3.05. The summed E-state index contributed by atoms with van der Waals surface area (Å²) in [6.45, 7) is -0.802. The van der Waals surface area contributed by atoms with Crippen LogP contribution in [-0.2, 0) is 0 Å². The molecule has 1 N–H and O–H groups in total. The van der Waals surface area contributed by atoms with Crippen molar-refractivity contribution < 1.29 is 9.50 Å². The van der Waals surface area contributed by atoms with Crippen LogP contribution in [0.25, 0.3) is 0 Å². The van der Waals surface area contributed by atoms with Gasteiger partial charge in [0.2, 0.25) is 0 Å². The van der Waals surface area contributed by atoms with E-state index < -0.39 is 12.8 Å². The van der Waals surface area contributed by atoms with Crippen LogP contribution < -0.4 is 0 Å². The van der Waals surface area contributed by atoms with Crippen molar-refractivity contribution in [2.24, 2.45) is 0 Å². The second-order valence-corrected chi connectivity index (χ2v) is 2.47. The molecule has 4 heteroatoms. The summed E-state index contributed by atoms with van der Waals surface area (Å²) in [5.41, 5.74) is 0.442. The van der Waals surface area contributed by atoms with Crippen molar-refractivity contribution in [2.75, 3.05) is 6.67 Å². The van der Waals surface area contributed by atoms with Crippen LogP contribution in [0.3, 0.4) is 0 Å². The molecular weight excluding hydrogens is 169 g/mol. The second kappa shape index (κ2) is 3.64. The van der Waals surface area contributed by atoms with Crippen LogP contribution in [0.2, 0.25) is 5.15 Å². The molecule has 0 aliphatic rings. The Morgan fingerprint density at radius 3 is 2.82 bits per heavy atom. The first-order valence-corrected chi connectivity index (χ1v) is 3.47. The first-order chi connectivity index (χ1) is 5.24. The molecular formula is C7H7ClFNO. The number of halogens is 2. The number of aliphatic hydroxyl groups is 1. The quantitative estimate of drug-likeness (QED) is 0.695. The molecule has 11 heavy (non-hydrogen) atoms. The summed E-state index contributed by atoms with van der Waals surface area (Å²) in [7, 11) is 0. The Kier molecular flexibility index (Phi) is 2.79. The van der Waals surface area contributed by atoms with Crippen LogP contribution >= 0.6 is 11.6 Å². The van der Waals surface area contributed by atoms with Crippen molar-refractivity contribution in [3.8, 4) is 0 Å². The Balaban J connectivity index is 2.81. The van der Waals surface area contributed by atoms with Gasteiger partial charge in [0.15, 0.2) is 0 Å². The Hall–Kier alpha value is -0.670. The van der Waals surface area contributed by atoms with Gasteiger partial charge in [-0.1, -0.05) is 17.7 Å². The predicted molar refractivity (Wildman–Crippen MR) is 40.2 cm³/mol. The molecule has 0 saturated heterocycles. The molecule has 1 unspecified atom stereocenters. The van der Waals surface area contributed by atoms with Gasteiger partial charge >= 0.3 is 0 Å². The Morgan fingerprint density at radius 2 is 2.36 bits per heavy atom. The zero-order valence-electron chi connectivity index (χ0n) is 5.67. The third-order valence-electron chi connectivity index (χ3n) is 1.28. The summed E-state index contributed by atoms with van der Waals surface area (Å²) >= 11 is 5.47. The second-order valence-electron chi connectivity index (χ2n) is 2.08. The van der Waals surface area contributed by atoms with Crippen LogP contribution in [0.15, 0.2) is 18.3 Å². The fourth-order valence-electron chi connectivity index (χ4n) is 0.673. The van der Waals surface area contributed by atoms with Gasteiger partial charge in [-0.15, -0.1) is 0 Å². The lowest BCUT2D eigenvalue weighted by atomic mass is 10.2. The standard InChI is InChI=1S/C7H7ClFNO/c8-7-2-1-5(4-10-7)6(11)3-9/h1-2,4,6,11H,3H2. The van der Waals surface area contributed by atoms with Crippen LogP contribution in [-0.4, -0.2) is 16.8 Å². The first kappa shape index (κ1) is 8.43. The average Bonchev–Trinajstić information content (AvgIpc) is 2.05. The minimum atomic E-state index is -1.08. The molecule has 0 radical (unpaired) electrons. The van der Waals surface area contributed by atoms with E-state index in [0.29, 0.717) is 10.7 Å². The van der Waals surface area contributed by atoms with Gasteiger partial charge in [-0.2, -0.15) is 0 Å². The monoisotopic (exact) mass is 175 g/mol. The highest BCUT2D eigenvalue weighted by Gasteiger charge is 2.05. The van der Waals surface area contributed by atoms with Crippen LogP contribution in [0.5, 0.6) is 0 Å². The zero-order chi connectivity index (χ0) is 8.27. The van der Waals surface area contributed by atoms with E-state index in [-0.39, 0.29) is 0 Å². The summed E-state index contributed by atoms with van der Waals surface area (Å²) in [6.07, 6.45) is 0.270. The van der Waals surface area contributed by atoms with Crippen LogP contribution in [0.1, 0.15) is 11.7 Å². The summed E-state index contributed by atoms with van der Waals surface area (Å²) in [5.74, 6) is 0. The maximum atomic E-state index is 11.9. The molecule has 1 aromatic rings. The highest BCUT2D eigenvalue weighted by molar-refractivity contribution is 6.29. The number of hydrogen-bond acceptors (Lipinski definition) is 2. The maximum absolute atomic E-state index is 11.9. The van der Waals surface area contributed by atoms with Gasteiger partial charge in [0.1, 0.15) is 17.9 Å². The van der Waals surface area contributed by atoms with Crippen molar-refractivity contribution in [3.05, 3.63) is 29.0 Å². The van der Waals surface area contributed by atoms with Crippen molar-refractivity contribution in [1.82, 2.24) is 4.98 Å². The minimum Gasteiger partial charge on any atom is -0.386 e. The van der Waals surface area contributed by atoms with Crippen molar-refractivity contribution >= 4 is 11.6 Å². The van der Waals surface area contributed by atoms with E-state index in [4.69, 9.17) is 16.7 Å². The number of hydrogen-bond donors (Lipinski definition) is 1. The minimum absolute atomic E-state index is 0.333. The molecule has 0 amide bonds. The third-order valence-corrected chi connectivity index (χ3v) is 1.50. The van der Waals surface area contributed by atoms with E-state index in [0.717, 1.165) is 0 Å². The van der Waals surface area contributed by atoms with Crippen molar-refractivity contribution in [1.29, 1.82) is 0 Å². The molecule has 60 valence electrons. The Labute approximate surface area is 68.6 Å². The largest absolute Gasteiger partial charge is 0.386 e. The van der Waals surface area contributed by atoms with Gasteiger partial charge in [-0.3, -0.25) is 0 Å². The first-order valence-electron chi connectivity index (χ1n) is 3.09. The lowest BCUT2D eigenvalue weighted by molar-refractivity contribution is 0.141. The van der Waals surface area contributed by atoms with E-state index in [9.17, 15) is 4.39 Å². The van der Waals surface area contributed by atoms with E-state index in [1.54, 1.807) is 6.07 Å². The molecule has 0 fully saturated rings. The highest BCUT2D eigenvalue weighted by Crippen LogP contribution is 2.13. The topological polar surface area (TPSA) is 33.1 Å². The van der Waals surface area contributed by atoms with Gasteiger partial charge in [-0.05, 0) is 6.07 Å². The molecule has 1 aromatic heterocycles. The number of alkyl halides is 1. The van der Waals surface area contributed by atoms with E-state index >= 15 is 0 Å². The van der Waals surface area contributed by atoms with Crippen molar-refractivity contribution in [2.45, 2.75) is 6.10 Å². The molecule has 0 bridgehead atoms. The van der Waals surface area contributed by atoms with E-state index in [1.165, 1.54) is 12.3 Å². The average molecular weight is 176 g/mol. The Bertz CT molecular complexity index is 226. The smallest absolute Gasteiger partial charge is 0.129 e. The third kappa shape index (κ3) is 2.13. The lowest BCUT2D eigenvalue weighted by Gasteiger charge is -2.03. The number of pyridine rings is 1. The number of rotatable bonds is 2. The van der Waals surface area contributed by atoms with Gasteiger partial charge in [-0.25, -0.2) is 9.37 Å². The fourth-order valence-corrected chi connectivity index (χ4v) is 0.785. The van der Waals surface area contributed by atoms with Crippen LogP contribution in [0, 0.1) is 0 Å². The molecule has 1 atom stereocenters. The highest BCUT2D eigenvalue weighted by atomic mass is 35.5. The molecule has 0 spiro atoms. The van der Waals surface area contributed by atoms with Crippen LogP contribution in [0.4, 0.5) is 4.39 Å². The van der Waals surface area contributed by atoms with Gasteiger partial charge in [0, 0.05) is 11.8 Å². The summed E-state index contributed by atoms with van der Waals surface area (Å²) < 4.78 is 11.9. The Morgan fingerprint density at radius 1 is 1.64 bits per heavy atom. The normalized spacial score (nSPS) is 13.0. The number of nitrogens with zero attached hydrogens (tertiary/aromatic N) is 1. The molecule has 0 aromatic carbocycles. The van der Waals surface area contributed by atoms with E-state index in [2.05, 4.69) is 4.98 Å². The van der Waals surface area contributed by atoms with Crippen molar-refractivity contribution in [3.63, 3.8) is 0 Å². The van der Waals surface area contributed by atoms with E-state index in [1.807, 2.05) is 0 Å². The zero-order valence-corrected chi connectivity index (χ0v) is 6.42. The van der Waals surface area contributed by atoms with Gasteiger partial charge in [0.05, 0.1) is 0 Å². The summed E-state index contributed by atoms with van der Waals surface area (Å²) in [5, 5.41) is 9.30. The number of aliphatic hydroxyl groups excluding tert-OH is 1. The molecule has 0 aliphatic carbocycles. The molecule has 1 heterocycles. The summed E-state index contributed by atoms with van der Waals surface area (Å²) in [4.78, 5) is 3.69. The lowest BCUT2D eigenvalue weighted by Crippen LogP contribution is -1.99. The molecule has 0 aliphatic heterocycles. The predicted octanol–water partition coefficient (Wildman–Crippen LogP) is 1.74. The number of aromatic nitrogens is 1. The molecule has 0 saturated carbocycles. The SMILES string of the molecule is OC(CF)c1ccc(Cl)nc1. The van der Waals surface area contributed by atoms with Gasteiger partial charge in [0.25, 0.3) is 0 Å².